The minimum absolute atomic E-state index is 1.15. The summed E-state index contributed by atoms with van der Waals surface area (Å²) in [4.78, 5) is 0. The lowest BCUT2D eigenvalue weighted by atomic mass is 9.93. The van der Waals surface area contributed by atoms with Crippen molar-refractivity contribution < 1.29 is 0 Å². The fourth-order valence-electron chi connectivity index (χ4n) is 7.57. The summed E-state index contributed by atoms with van der Waals surface area (Å²) >= 11 is 0. The number of hydrogen-bond donors (Lipinski definition) is 0. The van der Waals surface area contributed by atoms with E-state index in [-0.39, 0.29) is 0 Å². The Morgan fingerprint density at radius 2 is 1.00 bits per heavy atom. The summed E-state index contributed by atoms with van der Waals surface area (Å²) in [7, 11) is 0. The average Bonchev–Trinajstić information content (AvgIpc) is 3.64. The van der Waals surface area contributed by atoms with Crippen molar-refractivity contribution in [3.8, 4) is 22.6 Å². The highest BCUT2D eigenvalue weighted by Crippen LogP contribution is 2.44. The van der Waals surface area contributed by atoms with Crippen LogP contribution in [0.3, 0.4) is 0 Å². The maximum Gasteiger partial charge on any atom is 0.0788 e. The first-order chi connectivity index (χ1) is 21.8. The molecule has 0 bridgehead atoms. The van der Waals surface area contributed by atoms with Gasteiger partial charge in [-0.2, -0.15) is 0 Å². The molecule has 0 saturated heterocycles. The Balaban J connectivity index is 1.43. The minimum atomic E-state index is 1.15. The molecule has 10 aromatic rings. The number of fused-ring (bicyclic) bond motifs is 5. The zero-order valence-electron chi connectivity index (χ0n) is 23.9. The first-order valence-electron chi connectivity index (χ1n) is 15.2. The highest BCUT2D eigenvalue weighted by atomic mass is 15.0. The van der Waals surface area contributed by atoms with Crippen molar-refractivity contribution in [2.75, 3.05) is 0 Å². The topological polar surface area (TPSA) is 9.86 Å². The van der Waals surface area contributed by atoms with Gasteiger partial charge in [0.15, 0.2) is 0 Å². The molecule has 0 N–H and O–H groups in total. The fraction of sp³-hybridized carbons (Fsp3) is 0. The first kappa shape index (κ1) is 23.7. The lowest BCUT2D eigenvalue weighted by Gasteiger charge is -2.17. The molecule has 0 atom stereocenters. The Bertz CT molecular complexity index is 2680. The van der Waals surface area contributed by atoms with Crippen LogP contribution in [0.1, 0.15) is 0 Å². The van der Waals surface area contributed by atoms with Crippen LogP contribution >= 0.6 is 0 Å². The van der Waals surface area contributed by atoms with Crippen molar-refractivity contribution in [1.29, 1.82) is 0 Å². The Morgan fingerprint density at radius 3 is 1.82 bits per heavy atom. The van der Waals surface area contributed by atoms with Crippen molar-refractivity contribution in [1.82, 2.24) is 9.13 Å². The molecule has 8 aromatic carbocycles. The van der Waals surface area contributed by atoms with Gasteiger partial charge in [0.1, 0.15) is 0 Å². The highest BCUT2D eigenvalue weighted by Gasteiger charge is 2.22. The second kappa shape index (κ2) is 8.82. The van der Waals surface area contributed by atoms with E-state index in [4.69, 9.17) is 0 Å². The second-order valence-corrected chi connectivity index (χ2v) is 11.8. The standard InChI is InChI=1S/C42H26N2/c1-3-10-27(11-4-1)38-26-31-21-23-34-33-16-7-8-17-36(33)44(42(34)41(31)43(38)32-14-5-2-6-15-32)37-25-22-30-19-18-28-12-9-13-29-20-24-35(37)40(30)39(28)29/h1-26H. The second-order valence-electron chi connectivity index (χ2n) is 11.8. The van der Waals surface area contributed by atoms with Crippen molar-refractivity contribution in [2.45, 2.75) is 0 Å². The summed E-state index contributed by atoms with van der Waals surface area (Å²) in [6.07, 6.45) is 0. The van der Waals surface area contributed by atoms with Crippen LogP contribution in [0.2, 0.25) is 0 Å². The monoisotopic (exact) mass is 558 g/mol. The first-order valence-corrected chi connectivity index (χ1v) is 15.2. The molecule has 0 saturated carbocycles. The van der Waals surface area contributed by atoms with Gasteiger partial charge in [0.05, 0.1) is 27.9 Å². The van der Waals surface area contributed by atoms with Crippen LogP contribution in [0.25, 0.3) is 87.7 Å². The molecule has 0 spiro atoms. The van der Waals surface area contributed by atoms with E-state index in [2.05, 4.69) is 167 Å². The van der Waals surface area contributed by atoms with Crippen LogP contribution in [-0.2, 0) is 0 Å². The van der Waals surface area contributed by atoms with Gasteiger partial charge in [-0.3, -0.25) is 0 Å². The quantitative estimate of drug-likeness (QED) is 0.191. The van der Waals surface area contributed by atoms with Crippen molar-refractivity contribution in [3.05, 3.63) is 158 Å². The van der Waals surface area contributed by atoms with Gasteiger partial charge in [-0.15, -0.1) is 0 Å². The molecule has 0 aliphatic carbocycles. The van der Waals surface area contributed by atoms with Crippen LogP contribution in [0, 0.1) is 0 Å². The molecular weight excluding hydrogens is 532 g/mol. The molecular formula is C42H26N2. The van der Waals surface area contributed by atoms with Crippen molar-refractivity contribution >= 4 is 65.0 Å². The Kier molecular flexibility index (Phi) is 4.75. The number of aromatic nitrogens is 2. The van der Waals surface area contributed by atoms with Crippen LogP contribution in [0.15, 0.2) is 158 Å². The summed E-state index contributed by atoms with van der Waals surface area (Å²) in [6.45, 7) is 0. The molecule has 0 radical (unpaired) electrons. The van der Waals surface area contributed by atoms with Crippen molar-refractivity contribution in [2.24, 2.45) is 0 Å². The molecule has 0 amide bonds. The summed E-state index contributed by atoms with van der Waals surface area (Å²) in [5.41, 5.74) is 8.40. The van der Waals surface area contributed by atoms with Gasteiger partial charge in [0.2, 0.25) is 0 Å². The molecule has 204 valence electrons. The molecule has 10 rings (SSSR count). The van der Waals surface area contributed by atoms with Crippen LogP contribution < -0.4 is 0 Å². The maximum absolute atomic E-state index is 2.52. The minimum Gasteiger partial charge on any atom is -0.307 e. The van der Waals surface area contributed by atoms with E-state index in [1.807, 2.05) is 0 Å². The summed E-state index contributed by atoms with van der Waals surface area (Å²) in [5, 5.41) is 11.5. The third-order valence-corrected chi connectivity index (χ3v) is 9.43. The number of hydrogen-bond acceptors (Lipinski definition) is 0. The molecule has 2 nitrogen and oxygen atoms in total. The number of nitrogens with zero attached hydrogens (tertiary/aromatic N) is 2. The SMILES string of the molecule is c1ccc(-c2cc3ccc4c5ccccc5n(-c5ccc6ccc7cccc8ccc5c6c78)c4c3n2-c2ccccc2)cc1. The lowest BCUT2D eigenvalue weighted by molar-refractivity contribution is 1.12. The number of para-hydroxylation sites is 2. The zero-order valence-corrected chi connectivity index (χ0v) is 23.9. The molecule has 44 heavy (non-hydrogen) atoms. The number of benzene rings is 8. The maximum atomic E-state index is 2.52. The van der Waals surface area contributed by atoms with E-state index < -0.39 is 0 Å². The van der Waals surface area contributed by atoms with Crippen LogP contribution in [-0.4, -0.2) is 9.13 Å². The Morgan fingerprint density at radius 1 is 0.364 bits per heavy atom. The van der Waals surface area contributed by atoms with E-state index in [9.17, 15) is 0 Å². The summed E-state index contributed by atoms with van der Waals surface area (Å²) in [6, 6.07) is 57.7. The van der Waals surface area contributed by atoms with Crippen LogP contribution in [0.5, 0.6) is 0 Å². The van der Waals surface area contributed by atoms with E-state index in [1.165, 1.54) is 82.0 Å². The van der Waals surface area contributed by atoms with Gasteiger partial charge in [0.25, 0.3) is 0 Å². The van der Waals surface area contributed by atoms with E-state index in [0.717, 1.165) is 5.69 Å². The third kappa shape index (κ3) is 3.14. The van der Waals surface area contributed by atoms with Gasteiger partial charge in [-0.25, -0.2) is 0 Å². The van der Waals surface area contributed by atoms with E-state index in [0.29, 0.717) is 0 Å². The van der Waals surface area contributed by atoms with Gasteiger partial charge < -0.3 is 9.13 Å². The van der Waals surface area contributed by atoms with E-state index in [1.54, 1.807) is 0 Å². The average molecular weight is 559 g/mol. The smallest absolute Gasteiger partial charge is 0.0788 e. The predicted molar refractivity (Wildman–Crippen MR) is 187 cm³/mol. The fourth-order valence-corrected chi connectivity index (χ4v) is 7.57. The van der Waals surface area contributed by atoms with Gasteiger partial charge in [-0.1, -0.05) is 127 Å². The Labute approximate surface area is 254 Å². The highest BCUT2D eigenvalue weighted by molar-refractivity contribution is 6.26. The van der Waals surface area contributed by atoms with Crippen LogP contribution in [0.4, 0.5) is 0 Å². The summed E-state index contributed by atoms with van der Waals surface area (Å²) < 4.78 is 4.98. The van der Waals surface area contributed by atoms with Gasteiger partial charge in [-0.05, 0) is 62.8 Å². The molecule has 2 heteroatoms. The van der Waals surface area contributed by atoms with Gasteiger partial charge >= 0.3 is 0 Å². The van der Waals surface area contributed by atoms with Gasteiger partial charge in [0, 0.05) is 27.2 Å². The zero-order chi connectivity index (χ0) is 28.8. The lowest BCUT2D eigenvalue weighted by Crippen LogP contribution is -2.01. The molecule has 0 aliphatic heterocycles. The molecule has 0 unspecified atom stereocenters. The molecule has 0 fully saturated rings. The Hall–Kier alpha value is -5.86. The molecule has 2 heterocycles. The summed E-state index contributed by atoms with van der Waals surface area (Å²) in [5.74, 6) is 0. The van der Waals surface area contributed by atoms with E-state index >= 15 is 0 Å². The number of rotatable bonds is 3. The van der Waals surface area contributed by atoms with Crippen molar-refractivity contribution in [3.63, 3.8) is 0 Å². The molecule has 2 aromatic heterocycles. The predicted octanol–water partition coefficient (Wildman–Crippen LogP) is 11.3. The molecule has 0 aliphatic rings. The third-order valence-electron chi connectivity index (χ3n) is 9.43. The normalized spacial score (nSPS) is 12.1. The largest absolute Gasteiger partial charge is 0.307 e.